The first-order valence-electron chi connectivity index (χ1n) is 6.91. The Bertz CT molecular complexity index is 700. The second-order valence-corrected chi connectivity index (χ2v) is 6.18. The number of anilines is 1. The van der Waals surface area contributed by atoms with Gasteiger partial charge >= 0.3 is 6.09 Å². The van der Waals surface area contributed by atoms with Gasteiger partial charge in [0.05, 0.1) is 18.1 Å². The molecule has 22 heavy (non-hydrogen) atoms. The Morgan fingerprint density at radius 1 is 1.32 bits per heavy atom. The van der Waals surface area contributed by atoms with E-state index in [0.717, 1.165) is 0 Å². The maximum Gasteiger partial charge on any atom is 0.413 e. The minimum absolute atomic E-state index is 0.0192. The van der Waals surface area contributed by atoms with Gasteiger partial charge in [0.15, 0.2) is 0 Å². The maximum absolute atomic E-state index is 12.1. The van der Waals surface area contributed by atoms with Crippen LogP contribution in [0, 0.1) is 5.41 Å². The third kappa shape index (κ3) is 3.97. The lowest BCUT2D eigenvalue weighted by atomic mass is 9.97. The molecule has 1 aromatic heterocycles. The molecule has 1 aromatic carbocycles. The minimum atomic E-state index is -0.609. The predicted octanol–water partition coefficient (Wildman–Crippen LogP) is 2.52. The SMILES string of the molecule is COC(=O)Nc1nc2ccc(C(=O)NCC(C)(C)C)cc2[nH]1. The fraction of sp³-hybridized carbons (Fsp3) is 0.400. The van der Waals surface area contributed by atoms with Crippen LogP contribution in [0.2, 0.25) is 0 Å². The largest absolute Gasteiger partial charge is 0.453 e. The number of nitrogens with zero attached hydrogens (tertiary/aromatic N) is 1. The number of aromatic amines is 1. The molecule has 3 N–H and O–H groups in total. The average Bonchev–Trinajstić information content (AvgIpc) is 2.84. The summed E-state index contributed by atoms with van der Waals surface area (Å²) in [7, 11) is 1.27. The number of imidazole rings is 1. The summed E-state index contributed by atoms with van der Waals surface area (Å²) in [6.45, 7) is 6.74. The van der Waals surface area contributed by atoms with Crippen LogP contribution in [0.1, 0.15) is 31.1 Å². The van der Waals surface area contributed by atoms with E-state index >= 15 is 0 Å². The lowest BCUT2D eigenvalue weighted by Gasteiger charge is -2.18. The zero-order valence-electron chi connectivity index (χ0n) is 13.1. The van der Waals surface area contributed by atoms with E-state index in [1.54, 1.807) is 18.2 Å². The minimum Gasteiger partial charge on any atom is -0.453 e. The molecule has 0 saturated heterocycles. The van der Waals surface area contributed by atoms with Gasteiger partial charge < -0.3 is 15.0 Å². The molecule has 0 spiro atoms. The standard InChI is InChI=1S/C15H20N4O3/c1-15(2,3)8-16-12(20)9-5-6-10-11(7-9)18-13(17-10)19-14(21)22-4/h5-7H,8H2,1-4H3,(H,16,20)(H2,17,18,19,21). The van der Waals surface area contributed by atoms with Crippen molar-refractivity contribution in [2.75, 3.05) is 19.0 Å². The molecule has 0 atom stereocenters. The Balaban J connectivity index is 2.16. The fourth-order valence-electron chi connectivity index (χ4n) is 1.81. The fourth-order valence-corrected chi connectivity index (χ4v) is 1.81. The zero-order chi connectivity index (χ0) is 16.3. The number of carbonyl (C=O) groups excluding carboxylic acids is 2. The van der Waals surface area contributed by atoms with E-state index in [1.165, 1.54) is 7.11 Å². The lowest BCUT2D eigenvalue weighted by Crippen LogP contribution is -2.32. The Morgan fingerprint density at radius 3 is 2.68 bits per heavy atom. The third-order valence-corrected chi connectivity index (χ3v) is 2.93. The number of methoxy groups -OCH3 is 1. The van der Waals surface area contributed by atoms with Crippen molar-refractivity contribution in [2.45, 2.75) is 20.8 Å². The van der Waals surface area contributed by atoms with Crippen molar-refractivity contribution in [1.82, 2.24) is 15.3 Å². The van der Waals surface area contributed by atoms with Crippen molar-refractivity contribution < 1.29 is 14.3 Å². The monoisotopic (exact) mass is 304 g/mol. The number of H-pyrrole nitrogens is 1. The summed E-state index contributed by atoms with van der Waals surface area (Å²) in [6, 6.07) is 5.12. The van der Waals surface area contributed by atoms with Gasteiger partial charge in [-0.05, 0) is 23.6 Å². The van der Waals surface area contributed by atoms with Crippen LogP contribution in [0.5, 0.6) is 0 Å². The van der Waals surface area contributed by atoms with Crippen molar-refractivity contribution in [3.63, 3.8) is 0 Å². The first-order valence-corrected chi connectivity index (χ1v) is 6.91. The number of rotatable bonds is 3. The summed E-state index contributed by atoms with van der Waals surface area (Å²) in [4.78, 5) is 30.4. The van der Waals surface area contributed by atoms with Crippen LogP contribution in [0.25, 0.3) is 11.0 Å². The van der Waals surface area contributed by atoms with E-state index in [0.29, 0.717) is 23.1 Å². The molecule has 0 radical (unpaired) electrons. The smallest absolute Gasteiger partial charge is 0.413 e. The summed E-state index contributed by atoms with van der Waals surface area (Å²) in [5.41, 5.74) is 1.87. The van der Waals surface area contributed by atoms with Crippen LogP contribution in [0.3, 0.4) is 0 Å². The van der Waals surface area contributed by atoms with Crippen molar-refractivity contribution >= 4 is 29.0 Å². The summed E-state index contributed by atoms with van der Waals surface area (Å²) < 4.78 is 4.50. The first kappa shape index (κ1) is 15.8. The number of carbonyl (C=O) groups is 2. The third-order valence-electron chi connectivity index (χ3n) is 2.93. The number of ether oxygens (including phenoxy) is 1. The van der Waals surface area contributed by atoms with Crippen LogP contribution in [-0.4, -0.2) is 35.6 Å². The Morgan fingerprint density at radius 2 is 2.05 bits per heavy atom. The summed E-state index contributed by atoms with van der Waals surface area (Å²) in [5.74, 6) is 0.128. The van der Waals surface area contributed by atoms with Gasteiger partial charge in [-0.25, -0.2) is 9.78 Å². The number of nitrogens with one attached hydrogen (secondary N) is 3. The summed E-state index contributed by atoms with van der Waals surface area (Å²) >= 11 is 0. The molecule has 118 valence electrons. The van der Waals surface area contributed by atoms with Crippen LogP contribution >= 0.6 is 0 Å². The molecule has 0 saturated carbocycles. The molecule has 2 aromatic rings. The van der Waals surface area contributed by atoms with Crippen molar-refractivity contribution in [3.8, 4) is 0 Å². The Kier molecular flexibility index (Phi) is 4.35. The summed E-state index contributed by atoms with van der Waals surface area (Å²) in [5, 5.41) is 5.34. The highest BCUT2D eigenvalue weighted by atomic mass is 16.5. The molecular formula is C15H20N4O3. The molecule has 2 rings (SSSR count). The Labute approximate surface area is 128 Å². The van der Waals surface area contributed by atoms with Crippen molar-refractivity contribution in [3.05, 3.63) is 23.8 Å². The highest BCUT2D eigenvalue weighted by Gasteiger charge is 2.14. The lowest BCUT2D eigenvalue weighted by molar-refractivity contribution is 0.0939. The number of fused-ring (bicyclic) bond motifs is 1. The number of hydrogen-bond acceptors (Lipinski definition) is 4. The molecule has 0 unspecified atom stereocenters. The average molecular weight is 304 g/mol. The molecule has 7 nitrogen and oxygen atoms in total. The number of aromatic nitrogens is 2. The number of amides is 2. The second kappa shape index (κ2) is 6.05. The van der Waals surface area contributed by atoms with E-state index in [9.17, 15) is 9.59 Å². The van der Waals surface area contributed by atoms with E-state index in [-0.39, 0.29) is 17.3 Å². The van der Waals surface area contributed by atoms with E-state index in [1.807, 2.05) is 0 Å². The zero-order valence-corrected chi connectivity index (χ0v) is 13.1. The highest BCUT2D eigenvalue weighted by molar-refractivity contribution is 5.98. The van der Waals surface area contributed by atoms with E-state index < -0.39 is 6.09 Å². The molecule has 0 aliphatic heterocycles. The van der Waals surface area contributed by atoms with Gasteiger partial charge in [0.1, 0.15) is 0 Å². The molecule has 0 fully saturated rings. The van der Waals surface area contributed by atoms with Gasteiger partial charge in [-0.1, -0.05) is 20.8 Å². The molecule has 2 amide bonds. The van der Waals surface area contributed by atoms with E-state index in [2.05, 4.69) is 46.1 Å². The highest BCUT2D eigenvalue weighted by Crippen LogP contribution is 2.17. The Hall–Kier alpha value is -2.57. The molecule has 1 heterocycles. The van der Waals surface area contributed by atoms with Gasteiger partial charge in [-0.3, -0.25) is 10.1 Å². The van der Waals surface area contributed by atoms with Crippen molar-refractivity contribution in [2.24, 2.45) is 5.41 Å². The van der Waals surface area contributed by atoms with Crippen LogP contribution in [-0.2, 0) is 4.74 Å². The van der Waals surface area contributed by atoms with Gasteiger partial charge in [0.2, 0.25) is 5.95 Å². The second-order valence-electron chi connectivity index (χ2n) is 6.18. The molecule has 0 aliphatic carbocycles. The molecule has 0 aliphatic rings. The normalized spacial score (nSPS) is 11.3. The maximum atomic E-state index is 12.1. The summed E-state index contributed by atoms with van der Waals surface area (Å²) in [6.07, 6.45) is -0.609. The van der Waals surface area contributed by atoms with Crippen LogP contribution in [0.4, 0.5) is 10.7 Å². The number of benzene rings is 1. The van der Waals surface area contributed by atoms with Crippen LogP contribution in [0.15, 0.2) is 18.2 Å². The first-order chi connectivity index (χ1) is 10.3. The topological polar surface area (TPSA) is 96.1 Å². The quantitative estimate of drug-likeness (QED) is 0.811. The van der Waals surface area contributed by atoms with Crippen molar-refractivity contribution in [1.29, 1.82) is 0 Å². The van der Waals surface area contributed by atoms with Gasteiger partial charge in [-0.2, -0.15) is 0 Å². The van der Waals surface area contributed by atoms with Gasteiger partial charge in [-0.15, -0.1) is 0 Å². The van der Waals surface area contributed by atoms with E-state index in [4.69, 9.17) is 0 Å². The molecular weight excluding hydrogens is 284 g/mol. The predicted molar refractivity (Wildman–Crippen MR) is 83.9 cm³/mol. The van der Waals surface area contributed by atoms with Gasteiger partial charge in [0, 0.05) is 12.1 Å². The molecule has 7 heteroatoms. The molecule has 0 bridgehead atoms. The number of hydrogen-bond donors (Lipinski definition) is 3. The van der Waals surface area contributed by atoms with Crippen LogP contribution < -0.4 is 10.6 Å². The van der Waals surface area contributed by atoms with Gasteiger partial charge in [0.25, 0.3) is 5.91 Å².